The maximum absolute atomic E-state index is 11.6. The second-order valence-corrected chi connectivity index (χ2v) is 9.30. The molecule has 2 aromatic carbocycles. The largest absolute Gasteiger partial charge is 0.481 e. The van der Waals surface area contributed by atoms with Crippen molar-refractivity contribution in [2.24, 2.45) is 0 Å². The zero-order chi connectivity index (χ0) is 23.3. The van der Waals surface area contributed by atoms with Gasteiger partial charge in [-0.3, -0.25) is 4.79 Å². The van der Waals surface area contributed by atoms with E-state index in [4.69, 9.17) is 28.2 Å². The van der Waals surface area contributed by atoms with Crippen LogP contribution in [0.1, 0.15) is 61.3 Å². The van der Waals surface area contributed by atoms with Crippen LogP contribution in [0.25, 0.3) is 22.6 Å². The minimum atomic E-state index is -0.901. The Hall–Kier alpha value is -2.96. The van der Waals surface area contributed by atoms with Crippen molar-refractivity contribution in [2.75, 3.05) is 0 Å². The molecule has 2 heterocycles. The highest BCUT2D eigenvalue weighted by molar-refractivity contribution is 6.36. The summed E-state index contributed by atoms with van der Waals surface area (Å²) >= 11 is 13.4. The normalized spacial score (nSPS) is 15.5. The zero-order valence-electron chi connectivity index (χ0n) is 18.2. The van der Waals surface area contributed by atoms with Gasteiger partial charge in [0.1, 0.15) is 5.52 Å². The van der Waals surface area contributed by atoms with Crippen molar-refractivity contribution in [3.8, 4) is 11.4 Å². The number of carboxylic acids is 1. The lowest BCUT2D eigenvalue weighted by atomic mass is 9.95. The van der Waals surface area contributed by atoms with Gasteiger partial charge in [-0.2, -0.15) is 0 Å². The fourth-order valence-corrected chi connectivity index (χ4v) is 5.11. The van der Waals surface area contributed by atoms with E-state index in [1.54, 1.807) is 25.5 Å². The van der Waals surface area contributed by atoms with Gasteiger partial charge in [0.05, 0.1) is 29.5 Å². The molecule has 0 radical (unpaired) electrons. The number of carboxylic acid groups (broad SMARTS) is 1. The molecule has 5 rings (SSSR count). The van der Waals surface area contributed by atoms with Crippen LogP contribution >= 0.6 is 23.2 Å². The first-order valence-electron chi connectivity index (χ1n) is 10.9. The number of fused-ring (bicyclic) bond motifs is 1. The molecule has 1 unspecified atom stereocenters. The number of aliphatic carboxylic acids is 1. The number of halogens is 2. The first kappa shape index (κ1) is 21.9. The molecule has 2 aromatic heterocycles. The standard InChI is InChI=1S/C25H22Cl2N4O2/c1-13(25(32)33)16-5-3-4-6-18(16)23-28-11-20-24(30-23)31(12-29-20)14(2)21-19(26)10-9-17(22(21)27)15-7-8-15/h3-6,9-15H,7-8H2,1-2H3,(H,32,33)/t13?,14-/m1/s1. The summed E-state index contributed by atoms with van der Waals surface area (Å²) < 4.78 is 1.94. The Labute approximate surface area is 201 Å². The van der Waals surface area contributed by atoms with E-state index in [1.165, 1.54) is 0 Å². The molecular weight excluding hydrogens is 459 g/mol. The molecule has 1 aliphatic carbocycles. The third-order valence-electron chi connectivity index (χ3n) is 6.36. The van der Waals surface area contributed by atoms with Gasteiger partial charge in [-0.25, -0.2) is 15.0 Å². The van der Waals surface area contributed by atoms with Crippen molar-refractivity contribution in [3.05, 3.63) is 75.7 Å². The topological polar surface area (TPSA) is 80.9 Å². The van der Waals surface area contributed by atoms with Crippen molar-refractivity contribution in [1.29, 1.82) is 0 Å². The fraction of sp³-hybridized carbons (Fsp3) is 0.280. The maximum Gasteiger partial charge on any atom is 0.310 e. The summed E-state index contributed by atoms with van der Waals surface area (Å²) in [6.45, 7) is 3.68. The Bertz CT molecular complexity index is 1380. The van der Waals surface area contributed by atoms with Gasteiger partial charge in [-0.05, 0) is 49.8 Å². The van der Waals surface area contributed by atoms with Gasteiger partial charge in [-0.1, -0.05) is 53.5 Å². The van der Waals surface area contributed by atoms with Gasteiger partial charge in [0.15, 0.2) is 11.5 Å². The molecule has 168 valence electrons. The van der Waals surface area contributed by atoms with Crippen LogP contribution in [0.15, 0.2) is 48.9 Å². The van der Waals surface area contributed by atoms with Crippen molar-refractivity contribution < 1.29 is 9.90 Å². The number of carbonyl (C=O) groups is 1. The quantitative estimate of drug-likeness (QED) is 0.341. The number of imidazole rings is 1. The van der Waals surface area contributed by atoms with Crippen LogP contribution in [-0.2, 0) is 4.79 Å². The van der Waals surface area contributed by atoms with Crippen LogP contribution in [0.3, 0.4) is 0 Å². The molecule has 0 saturated heterocycles. The molecule has 0 aliphatic heterocycles. The van der Waals surface area contributed by atoms with Crippen LogP contribution in [0.5, 0.6) is 0 Å². The SMILES string of the molecule is CC(C(=O)O)c1ccccc1-c1ncc2ncn([C@H](C)c3c(Cl)ccc(C4CC4)c3Cl)c2n1. The highest BCUT2D eigenvalue weighted by Gasteiger charge is 2.29. The van der Waals surface area contributed by atoms with Gasteiger partial charge in [0.25, 0.3) is 0 Å². The van der Waals surface area contributed by atoms with Gasteiger partial charge in [0, 0.05) is 16.1 Å². The van der Waals surface area contributed by atoms with Gasteiger partial charge < -0.3 is 9.67 Å². The Morgan fingerprint density at radius 2 is 1.88 bits per heavy atom. The molecule has 1 fully saturated rings. The van der Waals surface area contributed by atoms with Crippen molar-refractivity contribution in [3.63, 3.8) is 0 Å². The van der Waals surface area contributed by atoms with Crippen molar-refractivity contribution in [2.45, 2.75) is 44.6 Å². The first-order chi connectivity index (χ1) is 15.9. The van der Waals surface area contributed by atoms with Crippen molar-refractivity contribution in [1.82, 2.24) is 19.5 Å². The van der Waals surface area contributed by atoms with Gasteiger partial charge >= 0.3 is 5.97 Å². The maximum atomic E-state index is 11.6. The van der Waals surface area contributed by atoms with E-state index >= 15 is 0 Å². The molecule has 0 spiro atoms. The number of aromatic nitrogens is 4. The number of benzene rings is 2. The van der Waals surface area contributed by atoms with Gasteiger partial charge in [-0.15, -0.1) is 0 Å². The van der Waals surface area contributed by atoms with Crippen LogP contribution in [-0.4, -0.2) is 30.6 Å². The van der Waals surface area contributed by atoms with Crippen LogP contribution < -0.4 is 0 Å². The predicted octanol–water partition coefficient (Wildman–Crippen LogP) is 6.47. The number of hydrogen-bond donors (Lipinski definition) is 1. The molecule has 6 nitrogen and oxygen atoms in total. The summed E-state index contributed by atoms with van der Waals surface area (Å²) in [5, 5.41) is 10.8. The Kier molecular flexibility index (Phi) is 5.59. The molecule has 1 saturated carbocycles. The van der Waals surface area contributed by atoms with E-state index in [9.17, 15) is 9.90 Å². The molecule has 1 N–H and O–H groups in total. The fourth-order valence-electron chi connectivity index (χ4n) is 4.27. The monoisotopic (exact) mass is 480 g/mol. The van der Waals surface area contributed by atoms with Crippen LogP contribution in [0, 0.1) is 0 Å². The minimum Gasteiger partial charge on any atom is -0.481 e. The Balaban J connectivity index is 1.62. The molecular formula is C25H22Cl2N4O2. The average molecular weight is 481 g/mol. The molecule has 0 bridgehead atoms. The number of hydrogen-bond acceptors (Lipinski definition) is 4. The number of rotatable bonds is 6. The molecule has 2 atom stereocenters. The summed E-state index contributed by atoms with van der Waals surface area (Å²) in [6.07, 6.45) is 5.67. The summed E-state index contributed by atoms with van der Waals surface area (Å²) in [4.78, 5) is 25.4. The summed E-state index contributed by atoms with van der Waals surface area (Å²) in [6, 6.07) is 11.0. The highest BCUT2D eigenvalue weighted by atomic mass is 35.5. The van der Waals surface area contributed by atoms with E-state index in [2.05, 4.69) is 9.97 Å². The lowest BCUT2D eigenvalue weighted by molar-refractivity contribution is -0.138. The molecule has 33 heavy (non-hydrogen) atoms. The average Bonchev–Trinajstić information content (AvgIpc) is 3.56. The molecule has 1 aliphatic rings. The lowest BCUT2D eigenvalue weighted by Crippen LogP contribution is -2.10. The summed E-state index contributed by atoms with van der Waals surface area (Å²) in [5.74, 6) is -0.639. The second-order valence-electron chi connectivity index (χ2n) is 8.52. The van der Waals surface area contributed by atoms with Crippen LogP contribution in [0.2, 0.25) is 10.0 Å². The lowest BCUT2D eigenvalue weighted by Gasteiger charge is -2.20. The van der Waals surface area contributed by atoms with E-state index in [0.717, 1.165) is 24.0 Å². The van der Waals surface area contributed by atoms with Crippen molar-refractivity contribution >= 4 is 40.3 Å². The van der Waals surface area contributed by atoms with E-state index in [-0.39, 0.29) is 6.04 Å². The predicted molar refractivity (Wildman–Crippen MR) is 129 cm³/mol. The molecule has 0 amide bonds. The highest BCUT2D eigenvalue weighted by Crippen LogP contribution is 2.47. The summed E-state index contributed by atoms with van der Waals surface area (Å²) in [5.41, 5.74) is 4.60. The molecule has 8 heteroatoms. The van der Waals surface area contributed by atoms with E-state index < -0.39 is 11.9 Å². The van der Waals surface area contributed by atoms with Gasteiger partial charge in [0.2, 0.25) is 0 Å². The Morgan fingerprint density at radius 3 is 2.61 bits per heavy atom. The third kappa shape index (κ3) is 3.87. The zero-order valence-corrected chi connectivity index (χ0v) is 19.7. The van der Waals surface area contributed by atoms with Crippen LogP contribution in [0.4, 0.5) is 0 Å². The first-order valence-corrected chi connectivity index (χ1v) is 11.6. The third-order valence-corrected chi connectivity index (χ3v) is 7.11. The minimum absolute atomic E-state index is 0.204. The second kappa shape index (κ2) is 8.43. The van der Waals surface area contributed by atoms with E-state index in [0.29, 0.717) is 44.1 Å². The number of nitrogens with zero attached hydrogens (tertiary/aromatic N) is 4. The van der Waals surface area contributed by atoms with E-state index in [1.807, 2.05) is 41.8 Å². The summed E-state index contributed by atoms with van der Waals surface area (Å²) in [7, 11) is 0. The Morgan fingerprint density at radius 1 is 1.12 bits per heavy atom. The smallest absolute Gasteiger partial charge is 0.310 e. The molecule has 4 aromatic rings.